The second kappa shape index (κ2) is 8.62. The summed E-state index contributed by atoms with van der Waals surface area (Å²) in [5.74, 6) is 0.809. The molecule has 0 unspecified atom stereocenters. The second-order valence-electron chi connectivity index (χ2n) is 5.80. The molecule has 2 aromatic carbocycles. The second-order valence-corrected chi connectivity index (χ2v) is 6.85. The minimum atomic E-state index is -0.605. The first-order valence-corrected chi connectivity index (χ1v) is 9.63. The molecule has 1 aromatic heterocycles. The molecule has 3 rings (SSSR count). The van der Waals surface area contributed by atoms with Gasteiger partial charge in [-0.2, -0.15) is 0 Å². The normalized spacial score (nSPS) is 10.5. The first-order chi connectivity index (χ1) is 13.5. The number of urea groups is 1. The van der Waals surface area contributed by atoms with Crippen molar-refractivity contribution in [2.45, 2.75) is 13.8 Å². The van der Waals surface area contributed by atoms with Crippen molar-refractivity contribution < 1.29 is 19.1 Å². The molecule has 0 aliphatic carbocycles. The number of anilines is 2. The summed E-state index contributed by atoms with van der Waals surface area (Å²) in [6.45, 7) is 4.90. The Morgan fingerprint density at radius 2 is 1.61 bits per heavy atom. The van der Waals surface area contributed by atoms with Gasteiger partial charge in [0.1, 0.15) is 16.5 Å². The van der Waals surface area contributed by atoms with Crippen LogP contribution in [0, 0.1) is 0 Å². The van der Waals surface area contributed by atoms with Gasteiger partial charge < -0.3 is 20.5 Å². The minimum absolute atomic E-state index is 0.282. The molecule has 0 saturated heterocycles. The fraction of sp³-hybridized carbons (Fsp3) is 0.200. The Bertz CT molecular complexity index is 999. The number of fused-ring (bicyclic) bond motifs is 1. The molecule has 0 bridgehead atoms. The van der Waals surface area contributed by atoms with E-state index in [0.717, 1.165) is 10.4 Å². The van der Waals surface area contributed by atoms with E-state index in [-0.39, 0.29) is 5.56 Å². The quantitative estimate of drug-likeness (QED) is 0.546. The van der Waals surface area contributed by atoms with Crippen LogP contribution in [0.5, 0.6) is 11.5 Å². The van der Waals surface area contributed by atoms with E-state index < -0.39 is 11.9 Å². The fourth-order valence-electron chi connectivity index (χ4n) is 2.73. The molecule has 3 amide bonds. The third kappa shape index (κ3) is 4.34. The molecule has 0 fully saturated rings. The van der Waals surface area contributed by atoms with Crippen LogP contribution in [0.1, 0.15) is 24.2 Å². The minimum Gasteiger partial charge on any atom is -0.494 e. The predicted octanol–water partition coefficient (Wildman–Crippen LogP) is 4.44. The summed E-state index contributed by atoms with van der Waals surface area (Å²) in [6.07, 6.45) is 0. The molecule has 0 aliphatic rings. The third-order valence-corrected chi connectivity index (χ3v) is 4.94. The number of amides is 3. The van der Waals surface area contributed by atoms with Crippen LogP contribution in [0.4, 0.5) is 15.5 Å². The number of thiophene rings is 1. The molecule has 0 radical (unpaired) electrons. The van der Waals surface area contributed by atoms with Crippen LogP contribution in [0.25, 0.3) is 10.1 Å². The van der Waals surface area contributed by atoms with Gasteiger partial charge in [0.2, 0.25) is 0 Å². The number of nitrogens with one attached hydrogen (secondary N) is 2. The van der Waals surface area contributed by atoms with E-state index in [9.17, 15) is 9.59 Å². The number of carbonyl (C=O) groups is 2. The Morgan fingerprint density at radius 1 is 0.964 bits per heavy atom. The molecular weight excluding hydrogens is 378 g/mol. The largest absolute Gasteiger partial charge is 0.494 e. The molecule has 8 heteroatoms. The SMILES string of the molecule is CCOc1ccc(NC(=O)Nc2sc3cc(OCC)ccc3c2C(N)=O)cc1. The number of carbonyl (C=O) groups excluding carboxylic acids is 2. The van der Waals surface area contributed by atoms with Gasteiger partial charge in [0.05, 0.1) is 18.8 Å². The lowest BCUT2D eigenvalue weighted by Gasteiger charge is -2.08. The fourth-order valence-corrected chi connectivity index (χ4v) is 3.86. The van der Waals surface area contributed by atoms with Crippen LogP contribution in [-0.4, -0.2) is 25.2 Å². The van der Waals surface area contributed by atoms with Gasteiger partial charge >= 0.3 is 6.03 Å². The van der Waals surface area contributed by atoms with E-state index in [1.807, 2.05) is 19.9 Å². The van der Waals surface area contributed by atoms with Crippen molar-refractivity contribution in [3.63, 3.8) is 0 Å². The zero-order chi connectivity index (χ0) is 20.1. The van der Waals surface area contributed by atoms with Gasteiger partial charge in [-0.3, -0.25) is 10.1 Å². The lowest BCUT2D eigenvalue weighted by molar-refractivity contribution is 0.100. The summed E-state index contributed by atoms with van der Waals surface area (Å²) in [4.78, 5) is 24.3. The van der Waals surface area contributed by atoms with Crippen LogP contribution in [0.3, 0.4) is 0 Å². The maximum atomic E-state index is 12.4. The van der Waals surface area contributed by atoms with E-state index in [0.29, 0.717) is 35.0 Å². The number of primary amides is 1. The summed E-state index contributed by atoms with van der Waals surface area (Å²) in [6, 6.07) is 11.9. The first kappa shape index (κ1) is 19.5. The van der Waals surface area contributed by atoms with E-state index in [4.69, 9.17) is 15.2 Å². The van der Waals surface area contributed by atoms with Crippen LogP contribution in [-0.2, 0) is 0 Å². The molecule has 3 aromatic rings. The van der Waals surface area contributed by atoms with Gasteiger partial charge in [-0.15, -0.1) is 11.3 Å². The Kier molecular flexibility index (Phi) is 6.00. The van der Waals surface area contributed by atoms with Gasteiger partial charge in [0.15, 0.2) is 0 Å². The van der Waals surface area contributed by atoms with Gasteiger partial charge in [0, 0.05) is 15.8 Å². The molecule has 0 saturated carbocycles. The molecular formula is C20H21N3O4S. The maximum Gasteiger partial charge on any atom is 0.324 e. The lowest BCUT2D eigenvalue weighted by Crippen LogP contribution is -2.21. The van der Waals surface area contributed by atoms with E-state index in [1.165, 1.54) is 11.3 Å². The average molecular weight is 399 g/mol. The van der Waals surface area contributed by atoms with Crippen molar-refractivity contribution in [2.24, 2.45) is 5.73 Å². The number of nitrogens with two attached hydrogens (primary N) is 1. The monoisotopic (exact) mass is 399 g/mol. The standard InChI is InChI=1S/C20H21N3O4S/c1-3-26-13-7-5-12(6-8-13)22-20(25)23-19-17(18(21)24)15-10-9-14(27-4-2)11-16(15)28-19/h5-11H,3-4H2,1-2H3,(H2,21,24)(H2,22,23,25). The number of rotatable bonds is 7. The zero-order valence-corrected chi connectivity index (χ0v) is 16.4. The van der Waals surface area contributed by atoms with E-state index >= 15 is 0 Å². The topological polar surface area (TPSA) is 103 Å². The molecule has 28 heavy (non-hydrogen) atoms. The number of benzene rings is 2. The Hall–Kier alpha value is -3.26. The Balaban J connectivity index is 1.81. The van der Waals surface area contributed by atoms with Gasteiger partial charge in [-0.25, -0.2) is 4.79 Å². The van der Waals surface area contributed by atoms with Gasteiger partial charge in [-0.05, 0) is 56.3 Å². The smallest absolute Gasteiger partial charge is 0.324 e. The van der Waals surface area contributed by atoms with Crippen LogP contribution < -0.4 is 25.8 Å². The van der Waals surface area contributed by atoms with Crippen molar-refractivity contribution in [3.05, 3.63) is 48.0 Å². The zero-order valence-electron chi connectivity index (χ0n) is 15.6. The highest BCUT2D eigenvalue weighted by molar-refractivity contribution is 7.23. The number of hydrogen-bond donors (Lipinski definition) is 3. The number of hydrogen-bond acceptors (Lipinski definition) is 5. The Morgan fingerprint density at radius 3 is 2.25 bits per heavy atom. The van der Waals surface area contributed by atoms with Crippen molar-refractivity contribution in [1.82, 2.24) is 0 Å². The Labute approximate surface area is 166 Å². The highest BCUT2D eigenvalue weighted by atomic mass is 32.1. The van der Waals surface area contributed by atoms with E-state index in [1.54, 1.807) is 36.4 Å². The van der Waals surface area contributed by atoms with Crippen molar-refractivity contribution in [2.75, 3.05) is 23.8 Å². The number of ether oxygens (including phenoxy) is 2. The summed E-state index contributed by atoms with van der Waals surface area (Å²) in [5.41, 5.74) is 6.43. The summed E-state index contributed by atoms with van der Waals surface area (Å²) >= 11 is 1.27. The van der Waals surface area contributed by atoms with Crippen LogP contribution >= 0.6 is 11.3 Å². The van der Waals surface area contributed by atoms with Crippen molar-refractivity contribution in [1.29, 1.82) is 0 Å². The van der Waals surface area contributed by atoms with Crippen LogP contribution in [0.2, 0.25) is 0 Å². The predicted molar refractivity (Wildman–Crippen MR) is 112 cm³/mol. The molecule has 0 atom stereocenters. The summed E-state index contributed by atoms with van der Waals surface area (Å²) in [5, 5.41) is 6.51. The molecule has 0 aliphatic heterocycles. The molecule has 146 valence electrons. The summed E-state index contributed by atoms with van der Waals surface area (Å²) < 4.78 is 11.7. The van der Waals surface area contributed by atoms with Crippen molar-refractivity contribution >= 4 is 44.0 Å². The maximum absolute atomic E-state index is 12.4. The lowest BCUT2D eigenvalue weighted by atomic mass is 10.1. The highest BCUT2D eigenvalue weighted by Gasteiger charge is 2.19. The van der Waals surface area contributed by atoms with Gasteiger partial charge in [-0.1, -0.05) is 0 Å². The van der Waals surface area contributed by atoms with E-state index in [2.05, 4.69) is 10.6 Å². The molecule has 4 N–H and O–H groups in total. The molecule has 0 spiro atoms. The average Bonchev–Trinajstić information content (AvgIpc) is 3.01. The third-order valence-electron chi connectivity index (χ3n) is 3.87. The highest BCUT2D eigenvalue weighted by Crippen LogP contribution is 2.37. The summed E-state index contributed by atoms with van der Waals surface area (Å²) in [7, 11) is 0. The molecule has 7 nitrogen and oxygen atoms in total. The van der Waals surface area contributed by atoms with Crippen molar-refractivity contribution in [3.8, 4) is 11.5 Å². The van der Waals surface area contributed by atoms with Gasteiger partial charge in [0.25, 0.3) is 5.91 Å². The van der Waals surface area contributed by atoms with Crippen LogP contribution in [0.15, 0.2) is 42.5 Å². The molecule has 1 heterocycles. The first-order valence-electron chi connectivity index (χ1n) is 8.81.